The van der Waals surface area contributed by atoms with Crippen LogP contribution in [-0.2, 0) is 0 Å². The maximum absolute atomic E-state index is 3.24. The van der Waals surface area contributed by atoms with E-state index in [-0.39, 0.29) is 0 Å². The average Bonchev–Trinajstić information content (AvgIpc) is 2.13. The average molecular weight is 186 g/mol. The highest BCUT2D eigenvalue weighted by atomic mass is 15.1. The lowest BCUT2D eigenvalue weighted by Crippen LogP contribution is -2.41. The molecule has 0 saturated heterocycles. The van der Waals surface area contributed by atoms with Crippen molar-refractivity contribution in [2.24, 2.45) is 5.92 Å². The molecule has 0 aromatic heterocycles. The zero-order valence-corrected chi connectivity index (χ0v) is 9.93. The van der Waals surface area contributed by atoms with E-state index >= 15 is 0 Å². The number of hydrogen-bond donors (Lipinski definition) is 1. The van der Waals surface area contributed by atoms with Crippen LogP contribution in [0.15, 0.2) is 0 Å². The van der Waals surface area contributed by atoms with Gasteiger partial charge in [-0.3, -0.25) is 0 Å². The maximum Gasteiger partial charge on any atom is 0.0104 e. The molecule has 2 heteroatoms. The molecule has 2 unspecified atom stereocenters. The van der Waals surface area contributed by atoms with Crippen molar-refractivity contribution in [3.63, 3.8) is 0 Å². The standard InChI is InChI=1S/C11H26N2/c1-6-8-13(7-2)11(4)10(3)9-12-5/h10-12H,6-9H2,1-5H3. The Morgan fingerprint density at radius 3 is 2.23 bits per heavy atom. The van der Waals surface area contributed by atoms with Gasteiger partial charge in [-0.15, -0.1) is 0 Å². The molecule has 0 amide bonds. The Bertz CT molecular complexity index is 115. The van der Waals surface area contributed by atoms with Crippen LogP contribution in [0.2, 0.25) is 0 Å². The van der Waals surface area contributed by atoms with Crippen molar-refractivity contribution in [1.82, 2.24) is 10.2 Å². The second-order valence-electron chi connectivity index (χ2n) is 3.90. The van der Waals surface area contributed by atoms with Crippen LogP contribution in [0.3, 0.4) is 0 Å². The van der Waals surface area contributed by atoms with Gasteiger partial charge in [-0.2, -0.15) is 0 Å². The Morgan fingerprint density at radius 1 is 1.23 bits per heavy atom. The summed E-state index contributed by atoms with van der Waals surface area (Å²) >= 11 is 0. The highest BCUT2D eigenvalue weighted by Crippen LogP contribution is 2.10. The van der Waals surface area contributed by atoms with Crippen LogP contribution < -0.4 is 5.32 Å². The summed E-state index contributed by atoms with van der Waals surface area (Å²) in [6, 6.07) is 0.692. The first-order chi connectivity index (χ1) is 6.17. The molecule has 0 radical (unpaired) electrons. The Kier molecular flexibility index (Phi) is 7.29. The molecule has 0 aromatic carbocycles. The summed E-state index contributed by atoms with van der Waals surface area (Å²) in [7, 11) is 2.03. The zero-order chi connectivity index (χ0) is 10.3. The normalized spacial score (nSPS) is 16.2. The van der Waals surface area contributed by atoms with Crippen molar-refractivity contribution in [3.05, 3.63) is 0 Å². The predicted molar refractivity (Wildman–Crippen MR) is 60.1 cm³/mol. The minimum Gasteiger partial charge on any atom is -0.319 e. The van der Waals surface area contributed by atoms with Gasteiger partial charge in [0, 0.05) is 6.04 Å². The van der Waals surface area contributed by atoms with Crippen LogP contribution in [-0.4, -0.2) is 37.6 Å². The molecular formula is C11H26N2. The molecular weight excluding hydrogens is 160 g/mol. The molecule has 0 aliphatic carbocycles. The second kappa shape index (κ2) is 7.34. The highest BCUT2D eigenvalue weighted by molar-refractivity contribution is 4.72. The lowest BCUT2D eigenvalue weighted by atomic mass is 10.0. The van der Waals surface area contributed by atoms with Crippen molar-refractivity contribution < 1.29 is 0 Å². The first-order valence-electron chi connectivity index (χ1n) is 5.55. The van der Waals surface area contributed by atoms with Crippen molar-refractivity contribution in [3.8, 4) is 0 Å². The van der Waals surface area contributed by atoms with E-state index in [1.165, 1.54) is 19.5 Å². The lowest BCUT2D eigenvalue weighted by Gasteiger charge is -2.32. The SMILES string of the molecule is CCCN(CC)C(C)C(C)CNC. The monoisotopic (exact) mass is 186 g/mol. The molecule has 0 aliphatic heterocycles. The van der Waals surface area contributed by atoms with Crippen LogP contribution in [0.4, 0.5) is 0 Å². The van der Waals surface area contributed by atoms with Gasteiger partial charge >= 0.3 is 0 Å². The molecule has 0 heterocycles. The Balaban J connectivity index is 3.94. The van der Waals surface area contributed by atoms with Crippen LogP contribution in [0.1, 0.15) is 34.1 Å². The van der Waals surface area contributed by atoms with Crippen LogP contribution in [0, 0.1) is 5.92 Å². The van der Waals surface area contributed by atoms with E-state index in [9.17, 15) is 0 Å². The van der Waals surface area contributed by atoms with Gasteiger partial charge in [0.05, 0.1) is 0 Å². The fraction of sp³-hybridized carbons (Fsp3) is 1.00. The third-order valence-electron chi connectivity index (χ3n) is 2.84. The molecule has 0 saturated carbocycles. The zero-order valence-electron chi connectivity index (χ0n) is 9.93. The largest absolute Gasteiger partial charge is 0.319 e. The first-order valence-corrected chi connectivity index (χ1v) is 5.55. The summed E-state index contributed by atoms with van der Waals surface area (Å²) in [5.74, 6) is 0.733. The molecule has 0 bridgehead atoms. The molecule has 1 N–H and O–H groups in total. The topological polar surface area (TPSA) is 15.3 Å². The van der Waals surface area contributed by atoms with Crippen LogP contribution in [0.25, 0.3) is 0 Å². The molecule has 13 heavy (non-hydrogen) atoms. The minimum atomic E-state index is 0.692. The van der Waals surface area contributed by atoms with Gasteiger partial charge in [-0.1, -0.05) is 20.8 Å². The summed E-state index contributed by atoms with van der Waals surface area (Å²) < 4.78 is 0. The number of nitrogens with one attached hydrogen (secondary N) is 1. The van der Waals surface area contributed by atoms with E-state index < -0.39 is 0 Å². The summed E-state index contributed by atoms with van der Waals surface area (Å²) in [4.78, 5) is 2.56. The lowest BCUT2D eigenvalue weighted by molar-refractivity contribution is 0.169. The minimum absolute atomic E-state index is 0.692. The number of rotatable bonds is 7. The smallest absolute Gasteiger partial charge is 0.0104 e. The Labute approximate surface area is 83.7 Å². The molecule has 0 fully saturated rings. The van der Waals surface area contributed by atoms with Gasteiger partial charge in [-0.25, -0.2) is 0 Å². The maximum atomic E-state index is 3.24. The molecule has 2 nitrogen and oxygen atoms in total. The second-order valence-corrected chi connectivity index (χ2v) is 3.90. The summed E-state index contributed by atoms with van der Waals surface area (Å²) in [5, 5.41) is 3.24. The quantitative estimate of drug-likeness (QED) is 0.654. The third kappa shape index (κ3) is 4.63. The molecule has 0 rings (SSSR count). The fourth-order valence-corrected chi connectivity index (χ4v) is 1.79. The molecule has 0 aliphatic rings. The van der Waals surface area contributed by atoms with Crippen LogP contribution in [0.5, 0.6) is 0 Å². The van der Waals surface area contributed by atoms with E-state index in [0.29, 0.717) is 6.04 Å². The Hall–Kier alpha value is -0.0800. The van der Waals surface area contributed by atoms with E-state index in [2.05, 4.69) is 37.9 Å². The van der Waals surface area contributed by atoms with Crippen molar-refractivity contribution in [2.75, 3.05) is 26.7 Å². The van der Waals surface area contributed by atoms with E-state index in [1.807, 2.05) is 7.05 Å². The summed E-state index contributed by atoms with van der Waals surface area (Å²) in [6.45, 7) is 12.7. The van der Waals surface area contributed by atoms with Gasteiger partial charge in [0.15, 0.2) is 0 Å². The van der Waals surface area contributed by atoms with Gasteiger partial charge < -0.3 is 10.2 Å². The van der Waals surface area contributed by atoms with Gasteiger partial charge in [0.25, 0.3) is 0 Å². The van der Waals surface area contributed by atoms with E-state index in [0.717, 1.165) is 12.5 Å². The molecule has 80 valence electrons. The molecule has 2 atom stereocenters. The molecule has 0 aromatic rings. The van der Waals surface area contributed by atoms with Crippen molar-refractivity contribution >= 4 is 0 Å². The van der Waals surface area contributed by atoms with E-state index in [1.54, 1.807) is 0 Å². The van der Waals surface area contributed by atoms with E-state index in [4.69, 9.17) is 0 Å². The van der Waals surface area contributed by atoms with Crippen LogP contribution >= 0.6 is 0 Å². The first kappa shape index (κ1) is 12.9. The van der Waals surface area contributed by atoms with Crippen molar-refractivity contribution in [1.29, 1.82) is 0 Å². The van der Waals surface area contributed by atoms with Gasteiger partial charge in [0.1, 0.15) is 0 Å². The summed E-state index contributed by atoms with van der Waals surface area (Å²) in [5.41, 5.74) is 0. The Morgan fingerprint density at radius 2 is 1.85 bits per heavy atom. The summed E-state index contributed by atoms with van der Waals surface area (Å²) in [6.07, 6.45) is 1.25. The van der Waals surface area contributed by atoms with Crippen molar-refractivity contribution in [2.45, 2.75) is 40.2 Å². The fourth-order valence-electron chi connectivity index (χ4n) is 1.79. The number of nitrogens with zero attached hydrogens (tertiary/aromatic N) is 1. The van der Waals surface area contributed by atoms with Gasteiger partial charge in [0.2, 0.25) is 0 Å². The predicted octanol–water partition coefficient (Wildman–Crippen LogP) is 1.96. The number of hydrogen-bond acceptors (Lipinski definition) is 2. The third-order valence-corrected chi connectivity index (χ3v) is 2.84. The molecule has 0 spiro atoms. The highest BCUT2D eigenvalue weighted by Gasteiger charge is 2.16. The van der Waals surface area contributed by atoms with Gasteiger partial charge in [-0.05, 0) is 45.9 Å².